The molecule has 0 bridgehead atoms. The van der Waals surface area contributed by atoms with Gasteiger partial charge < -0.3 is 5.11 Å². The monoisotopic (exact) mass is 252 g/mol. The van der Waals surface area contributed by atoms with Gasteiger partial charge in [-0.1, -0.05) is 58.3 Å². The Kier molecular flexibility index (Phi) is 6.01. The van der Waals surface area contributed by atoms with Crippen molar-refractivity contribution in [3.05, 3.63) is 0 Å². The Morgan fingerprint density at radius 2 is 1.50 bits per heavy atom. The van der Waals surface area contributed by atoms with Crippen LogP contribution in [0.2, 0.25) is 0 Å². The Labute approximate surface area is 113 Å². The van der Waals surface area contributed by atoms with Crippen molar-refractivity contribution in [3.63, 3.8) is 0 Å². The average Bonchev–Trinajstić information content (AvgIpc) is 2.90. The van der Waals surface area contributed by atoms with E-state index in [1.807, 2.05) is 0 Å². The predicted octanol–water partition coefficient (Wildman–Crippen LogP) is 4.92. The number of hydrogen-bond donors (Lipinski definition) is 1. The zero-order valence-corrected chi connectivity index (χ0v) is 12.2. The first kappa shape index (κ1) is 14.4. The van der Waals surface area contributed by atoms with Crippen molar-refractivity contribution in [2.75, 3.05) is 0 Å². The van der Waals surface area contributed by atoms with Crippen LogP contribution in [0, 0.1) is 17.8 Å². The molecule has 18 heavy (non-hydrogen) atoms. The SMILES string of the molecule is CCCC1CCC(C(O)CCC2CCCC2)CC1. The quantitative estimate of drug-likeness (QED) is 0.711. The summed E-state index contributed by atoms with van der Waals surface area (Å²) in [7, 11) is 0. The van der Waals surface area contributed by atoms with Gasteiger partial charge in [-0.3, -0.25) is 0 Å². The molecule has 0 aromatic carbocycles. The van der Waals surface area contributed by atoms with E-state index in [4.69, 9.17) is 0 Å². The van der Waals surface area contributed by atoms with Gasteiger partial charge in [0.25, 0.3) is 0 Å². The molecule has 2 fully saturated rings. The molecule has 0 aromatic heterocycles. The summed E-state index contributed by atoms with van der Waals surface area (Å²) in [6, 6.07) is 0. The molecule has 2 saturated carbocycles. The van der Waals surface area contributed by atoms with Crippen molar-refractivity contribution in [2.45, 2.75) is 90.1 Å². The number of aliphatic hydroxyl groups excluding tert-OH is 1. The highest BCUT2D eigenvalue weighted by Crippen LogP contribution is 2.36. The highest BCUT2D eigenvalue weighted by atomic mass is 16.3. The van der Waals surface area contributed by atoms with Gasteiger partial charge in [0, 0.05) is 0 Å². The van der Waals surface area contributed by atoms with Crippen molar-refractivity contribution in [1.29, 1.82) is 0 Å². The lowest BCUT2D eigenvalue weighted by Crippen LogP contribution is -2.26. The lowest BCUT2D eigenvalue weighted by molar-refractivity contribution is 0.0605. The predicted molar refractivity (Wildman–Crippen MR) is 77.6 cm³/mol. The zero-order valence-electron chi connectivity index (χ0n) is 12.2. The molecule has 0 heterocycles. The Morgan fingerprint density at radius 1 is 0.889 bits per heavy atom. The minimum atomic E-state index is 0.00757. The molecule has 0 aliphatic heterocycles. The maximum Gasteiger partial charge on any atom is 0.0568 e. The van der Waals surface area contributed by atoms with Gasteiger partial charge >= 0.3 is 0 Å². The smallest absolute Gasteiger partial charge is 0.0568 e. The molecule has 106 valence electrons. The van der Waals surface area contributed by atoms with E-state index in [1.165, 1.54) is 70.6 Å². The maximum atomic E-state index is 10.4. The maximum absolute atomic E-state index is 10.4. The summed E-state index contributed by atoms with van der Waals surface area (Å²) in [5.74, 6) is 2.53. The Balaban J connectivity index is 1.62. The van der Waals surface area contributed by atoms with Crippen molar-refractivity contribution < 1.29 is 5.11 Å². The van der Waals surface area contributed by atoms with Crippen molar-refractivity contribution in [3.8, 4) is 0 Å². The van der Waals surface area contributed by atoms with Crippen molar-refractivity contribution >= 4 is 0 Å². The van der Waals surface area contributed by atoms with Crippen LogP contribution < -0.4 is 0 Å². The lowest BCUT2D eigenvalue weighted by Gasteiger charge is -2.31. The number of hydrogen-bond acceptors (Lipinski definition) is 1. The van der Waals surface area contributed by atoms with Gasteiger partial charge in [0.15, 0.2) is 0 Å². The van der Waals surface area contributed by atoms with Gasteiger partial charge in [-0.05, 0) is 43.4 Å². The second-order valence-corrected chi connectivity index (χ2v) is 6.86. The first-order valence-corrected chi connectivity index (χ1v) is 8.47. The molecule has 0 saturated heterocycles. The number of rotatable bonds is 6. The molecule has 2 rings (SSSR count). The molecule has 0 aromatic rings. The van der Waals surface area contributed by atoms with E-state index in [0.717, 1.165) is 18.3 Å². The molecular formula is C17H32O. The fraction of sp³-hybridized carbons (Fsp3) is 1.00. The normalized spacial score (nSPS) is 31.7. The Morgan fingerprint density at radius 3 is 2.11 bits per heavy atom. The van der Waals surface area contributed by atoms with E-state index in [2.05, 4.69) is 6.92 Å². The van der Waals surface area contributed by atoms with Crippen LogP contribution in [0.5, 0.6) is 0 Å². The van der Waals surface area contributed by atoms with Gasteiger partial charge in [0.05, 0.1) is 6.10 Å². The van der Waals surface area contributed by atoms with E-state index < -0.39 is 0 Å². The minimum Gasteiger partial charge on any atom is -0.393 e. The molecule has 1 nitrogen and oxygen atoms in total. The summed E-state index contributed by atoms with van der Waals surface area (Å²) in [6.45, 7) is 2.29. The summed E-state index contributed by atoms with van der Waals surface area (Å²) in [5, 5.41) is 10.4. The van der Waals surface area contributed by atoms with E-state index in [9.17, 15) is 5.11 Å². The van der Waals surface area contributed by atoms with Gasteiger partial charge in [0.1, 0.15) is 0 Å². The summed E-state index contributed by atoms with van der Waals surface area (Å²) in [4.78, 5) is 0. The molecular weight excluding hydrogens is 220 g/mol. The second kappa shape index (κ2) is 7.53. The molecule has 1 atom stereocenters. The molecule has 0 spiro atoms. The van der Waals surface area contributed by atoms with Crippen LogP contribution in [0.1, 0.15) is 84.0 Å². The molecule has 0 amide bonds. The van der Waals surface area contributed by atoms with Gasteiger partial charge in [0.2, 0.25) is 0 Å². The Bertz CT molecular complexity index is 212. The minimum absolute atomic E-state index is 0.00757. The van der Waals surface area contributed by atoms with Gasteiger partial charge in [-0.25, -0.2) is 0 Å². The molecule has 2 aliphatic carbocycles. The molecule has 1 unspecified atom stereocenters. The van der Waals surface area contributed by atoms with Gasteiger partial charge in [-0.2, -0.15) is 0 Å². The highest BCUT2D eigenvalue weighted by Gasteiger charge is 2.26. The third kappa shape index (κ3) is 4.26. The highest BCUT2D eigenvalue weighted by molar-refractivity contribution is 4.78. The van der Waals surface area contributed by atoms with E-state index in [0.29, 0.717) is 5.92 Å². The summed E-state index contributed by atoms with van der Waals surface area (Å²) < 4.78 is 0. The topological polar surface area (TPSA) is 20.2 Å². The fourth-order valence-corrected chi connectivity index (χ4v) is 4.21. The third-order valence-corrected chi connectivity index (χ3v) is 5.48. The molecule has 1 N–H and O–H groups in total. The van der Waals surface area contributed by atoms with Crippen molar-refractivity contribution in [1.82, 2.24) is 0 Å². The third-order valence-electron chi connectivity index (χ3n) is 5.48. The first-order chi connectivity index (χ1) is 8.79. The van der Waals surface area contributed by atoms with Crippen LogP contribution in [0.4, 0.5) is 0 Å². The molecule has 1 heteroatoms. The van der Waals surface area contributed by atoms with Crippen LogP contribution in [-0.4, -0.2) is 11.2 Å². The van der Waals surface area contributed by atoms with Crippen LogP contribution in [0.3, 0.4) is 0 Å². The average molecular weight is 252 g/mol. The molecule has 2 aliphatic rings. The summed E-state index contributed by atoms with van der Waals surface area (Å²) >= 11 is 0. The van der Waals surface area contributed by atoms with Gasteiger partial charge in [-0.15, -0.1) is 0 Å². The Hall–Kier alpha value is -0.0400. The standard InChI is InChI=1S/C17H32O/c1-2-5-14-8-11-16(12-9-14)17(18)13-10-15-6-3-4-7-15/h14-18H,2-13H2,1H3. The lowest BCUT2D eigenvalue weighted by atomic mass is 9.76. The fourth-order valence-electron chi connectivity index (χ4n) is 4.21. The van der Waals surface area contributed by atoms with E-state index in [-0.39, 0.29) is 6.10 Å². The second-order valence-electron chi connectivity index (χ2n) is 6.86. The first-order valence-electron chi connectivity index (χ1n) is 8.47. The number of aliphatic hydroxyl groups is 1. The summed E-state index contributed by atoms with van der Waals surface area (Å²) in [6.07, 6.45) is 16.2. The van der Waals surface area contributed by atoms with Crippen LogP contribution >= 0.6 is 0 Å². The van der Waals surface area contributed by atoms with Crippen LogP contribution in [0.15, 0.2) is 0 Å². The molecule has 0 radical (unpaired) electrons. The van der Waals surface area contributed by atoms with Crippen molar-refractivity contribution in [2.24, 2.45) is 17.8 Å². The van der Waals surface area contributed by atoms with E-state index >= 15 is 0 Å². The van der Waals surface area contributed by atoms with E-state index in [1.54, 1.807) is 0 Å². The zero-order chi connectivity index (χ0) is 12.8. The van der Waals surface area contributed by atoms with Crippen LogP contribution in [0.25, 0.3) is 0 Å². The largest absolute Gasteiger partial charge is 0.393 e. The van der Waals surface area contributed by atoms with Crippen LogP contribution in [-0.2, 0) is 0 Å². The summed E-state index contributed by atoms with van der Waals surface area (Å²) in [5.41, 5.74) is 0.